The quantitative estimate of drug-likeness (QED) is 0.457. The van der Waals surface area contributed by atoms with E-state index >= 15 is 0 Å². The summed E-state index contributed by atoms with van der Waals surface area (Å²) < 4.78 is 1.11. The summed E-state index contributed by atoms with van der Waals surface area (Å²) in [5.74, 6) is -0.140. The van der Waals surface area contributed by atoms with E-state index in [9.17, 15) is 9.59 Å². The van der Waals surface area contributed by atoms with Gasteiger partial charge in [-0.05, 0) is 93.6 Å². The van der Waals surface area contributed by atoms with Gasteiger partial charge in [0.2, 0.25) is 11.8 Å². The first-order chi connectivity index (χ1) is 16.2. The fourth-order valence-corrected chi connectivity index (χ4v) is 7.33. The molecule has 2 bridgehead atoms. The van der Waals surface area contributed by atoms with Crippen molar-refractivity contribution in [2.45, 2.75) is 38.5 Å². The second kappa shape index (κ2) is 8.51. The largest absolute Gasteiger partial charge is 0.356 e. The number of aromatic nitrogens is 1. The Morgan fingerprint density at radius 1 is 1.06 bits per heavy atom. The van der Waals surface area contributed by atoms with Gasteiger partial charge in [0.1, 0.15) is 0 Å². The van der Waals surface area contributed by atoms with Gasteiger partial charge in [-0.15, -0.1) is 11.3 Å². The van der Waals surface area contributed by atoms with Crippen LogP contribution in [-0.4, -0.2) is 47.9 Å². The highest BCUT2D eigenvalue weighted by atomic mass is 32.1. The number of benzene rings is 1. The van der Waals surface area contributed by atoms with Gasteiger partial charge >= 0.3 is 0 Å². The third kappa shape index (κ3) is 3.79. The fraction of sp³-hybridized carbons (Fsp3) is 0.577. The molecule has 2 heterocycles. The molecule has 0 radical (unpaired) electrons. The number of nitrogens with one attached hydrogen (secondary N) is 2. The number of carbonyl (C=O) groups excluding carboxylic acids is 2. The predicted molar refractivity (Wildman–Crippen MR) is 131 cm³/mol. The third-order valence-corrected chi connectivity index (χ3v) is 9.25. The second-order valence-corrected chi connectivity index (χ2v) is 11.2. The maximum absolute atomic E-state index is 13.5. The van der Waals surface area contributed by atoms with Gasteiger partial charge in [-0.25, -0.2) is 4.98 Å². The van der Waals surface area contributed by atoms with Crippen LogP contribution in [0, 0.1) is 29.1 Å². The lowest BCUT2D eigenvalue weighted by Gasteiger charge is -2.26. The Hall–Kier alpha value is -2.25. The molecule has 2 aromatic rings. The zero-order valence-electron chi connectivity index (χ0n) is 19.0. The SMILES string of the molecule is O=C(NCCCCN1CCCC1)[C@H]1[C@H](C(=O)Nc2ccc3scnc3c2)[C@@H]2C=C[C@H]1C21CC1. The Labute approximate surface area is 198 Å². The summed E-state index contributed by atoms with van der Waals surface area (Å²) in [6.45, 7) is 4.27. The summed E-state index contributed by atoms with van der Waals surface area (Å²) in [5, 5.41) is 6.30. The van der Waals surface area contributed by atoms with Gasteiger partial charge in [0.25, 0.3) is 0 Å². The Morgan fingerprint density at radius 2 is 1.82 bits per heavy atom. The number of anilines is 1. The number of rotatable bonds is 8. The molecule has 1 aliphatic heterocycles. The van der Waals surface area contributed by atoms with Crippen LogP contribution in [0.5, 0.6) is 0 Å². The minimum atomic E-state index is -0.293. The summed E-state index contributed by atoms with van der Waals surface area (Å²) >= 11 is 1.59. The third-order valence-electron chi connectivity index (χ3n) is 8.44. The van der Waals surface area contributed by atoms with Gasteiger partial charge < -0.3 is 15.5 Å². The molecule has 174 valence electrons. The van der Waals surface area contributed by atoms with Crippen molar-refractivity contribution in [3.05, 3.63) is 35.9 Å². The molecule has 3 aliphatic carbocycles. The van der Waals surface area contributed by atoms with Crippen LogP contribution in [0.25, 0.3) is 10.2 Å². The zero-order valence-corrected chi connectivity index (χ0v) is 19.8. The monoisotopic (exact) mass is 464 g/mol. The molecule has 6 rings (SSSR count). The Balaban J connectivity index is 1.11. The van der Waals surface area contributed by atoms with E-state index in [1.54, 1.807) is 11.3 Å². The van der Waals surface area contributed by atoms with Gasteiger partial charge in [0, 0.05) is 12.2 Å². The number of carbonyl (C=O) groups is 2. The van der Waals surface area contributed by atoms with E-state index in [1.807, 2.05) is 23.7 Å². The highest BCUT2D eigenvalue weighted by molar-refractivity contribution is 7.16. The number of hydrogen-bond donors (Lipinski definition) is 2. The number of likely N-dealkylation sites (tertiary alicyclic amines) is 1. The normalized spacial score (nSPS) is 29.2. The molecule has 1 spiro atoms. The van der Waals surface area contributed by atoms with Crippen molar-refractivity contribution >= 4 is 39.1 Å². The molecule has 33 heavy (non-hydrogen) atoms. The molecule has 2 saturated carbocycles. The van der Waals surface area contributed by atoms with E-state index < -0.39 is 0 Å². The van der Waals surface area contributed by atoms with Gasteiger partial charge in [-0.2, -0.15) is 0 Å². The smallest absolute Gasteiger partial charge is 0.228 e. The van der Waals surface area contributed by atoms with E-state index in [0.717, 1.165) is 48.1 Å². The molecule has 2 amide bonds. The standard InChI is InChI=1S/C26H32N4O2S/c31-24(27-11-1-2-12-30-13-3-4-14-30)22-18-6-7-19(26(18)9-10-26)23(22)25(32)29-17-5-8-21-20(15-17)28-16-33-21/h5-8,15-16,18-19,22-23H,1-4,9-14H2,(H,27,31)(H,29,32)/t18-,19+,22-,23-/m1/s1. The van der Waals surface area contributed by atoms with Crippen LogP contribution < -0.4 is 10.6 Å². The minimum Gasteiger partial charge on any atom is -0.356 e. The highest BCUT2D eigenvalue weighted by Crippen LogP contribution is 2.72. The highest BCUT2D eigenvalue weighted by Gasteiger charge is 2.69. The maximum atomic E-state index is 13.5. The molecule has 4 atom stereocenters. The van der Waals surface area contributed by atoms with Crippen molar-refractivity contribution < 1.29 is 9.59 Å². The van der Waals surface area contributed by atoms with Crippen LogP contribution >= 0.6 is 11.3 Å². The van der Waals surface area contributed by atoms with Crippen molar-refractivity contribution in [3.63, 3.8) is 0 Å². The molecule has 1 aromatic heterocycles. The topological polar surface area (TPSA) is 74.3 Å². The molecular formula is C26H32N4O2S. The Kier molecular flexibility index (Phi) is 5.49. The summed E-state index contributed by atoms with van der Waals surface area (Å²) in [5.41, 5.74) is 3.63. The number of hydrogen-bond acceptors (Lipinski definition) is 5. The van der Waals surface area contributed by atoms with Crippen LogP contribution in [0.15, 0.2) is 35.9 Å². The number of thiazole rings is 1. The summed E-state index contributed by atoms with van der Waals surface area (Å²) in [6, 6.07) is 5.86. The van der Waals surface area contributed by atoms with Crippen LogP contribution in [-0.2, 0) is 9.59 Å². The lowest BCUT2D eigenvalue weighted by molar-refractivity contribution is -0.132. The second-order valence-electron chi connectivity index (χ2n) is 10.3. The molecule has 6 nitrogen and oxygen atoms in total. The number of nitrogens with zero attached hydrogens (tertiary/aromatic N) is 2. The van der Waals surface area contributed by atoms with Crippen LogP contribution in [0.4, 0.5) is 5.69 Å². The molecule has 7 heteroatoms. The molecule has 2 N–H and O–H groups in total. The number of unbranched alkanes of at least 4 members (excludes halogenated alkanes) is 1. The molecule has 1 aromatic carbocycles. The van der Waals surface area contributed by atoms with E-state index in [1.165, 1.54) is 25.9 Å². The molecule has 0 unspecified atom stereocenters. The average molecular weight is 465 g/mol. The van der Waals surface area contributed by atoms with E-state index in [-0.39, 0.29) is 40.9 Å². The Morgan fingerprint density at radius 3 is 2.58 bits per heavy atom. The van der Waals surface area contributed by atoms with Gasteiger partial charge in [-0.3, -0.25) is 9.59 Å². The number of amides is 2. The predicted octanol–water partition coefficient (Wildman–Crippen LogP) is 4.06. The Bertz CT molecular complexity index is 1080. The summed E-state index contributed by atoms with van der Waals surface area (Å²) in [4.78, 5) is 33.7. The molecule has 4 aliphatic rings. The van der Waals surface area contributed by atoms with Crippen molar-refractivity contribution in [3.8, 4) is 0 Å². The van der Waals surface area contributed by atoms with Crippen LogP contribution in [0.1, 0.15) is 38.5 Å². The van der Waals surface area contributed by atoms with E-state index in [4.69, 9.17) is 0 Å². The minimum absolute atomic E-state index is 0.0260. The lowest BCUT2D eigenvalue weighted by atomic mass is 9.81. The first-order valence-electron chi connectivity index (χ1n) is 12.5. The number of allylic oxidation sites excluding steroid dienone is 2. The van der Waals surface area contributed by atoms with Gasteiger partial charge in [-0.1, -0.05) is 12.2 Å². The molecule has 3 fully saturated rings. The number of fused-ring (bicyclic) bond motifs is 1. The fourth-order valence-electron chi connectivity index (χ4n) is 6.67. The van der Waals surface area contributed by atoms with E-state index in [2.05, 4.69) is 32.7 Å². The molecular weight excluding hydrogens is 432 g/mol. The van der Waals surface area contributed by atoms with E-state index in [0.29, 0.717) is 6.54 Å². The van der Waals surface area contributed by atoms with Crippen molar-refractivity contribution in [2.24, 2.45) is 29.1 Å². The van der Waals surface area contributed by atoms with Crippen molar-refractivity contribution in [1.29, 1.82) is 0 Å². The van der Waals surface area contributed by atoms with Gasteiger partial charge in [0.15, 0.2) is 0 Å². The first kappa shape index (κ1) is 21.3. The zero-order chi connectivity index (χ0) is 22.4. The molecule has 1 saturated heterocycles. The van der Waals surface area contributed by atoms with Crippen LogP contribution in [0.2, 0.25) is 0 Å². The first-order valence-corrected chi connectivity index (χ1v) is 13.4. The maximum Gasteiger partial charge on any atom is 0.228 e. The average Bonchev–Trinajstić information content (AvgIpc) is 3.16. The van der Waals surface area contributed by atoms with Crippen molar-refractivity contribution in [2.75, 3.05) is 31.5 Å². The van der Waals surface area contributed by atoms with Crippen LogP contribution in [0.3, 0.4) is 0 Å². The lowest BCUT2D eigenvalue weighted by Crippen LogP contribution is -2.42. The van der Waals surface area contributed by atoms with Gasteiger partial charge in [0.05, 0.1) is 27.6 Å². The summed E-state index contributed by atoms with van der Waals surface area (Å²) in [7, 11) is 0. The summed E-state index contributed by atoms with van der Waals surface area (Å²) in [6.07, 6.45) is 11.4. The van der Waals surface area contributed by atoms with Crippen molar-refractivity contribution in [1.82, 2.24) is 15.2 Å².